The summed E-state index contributed by atoms with van der Waals surface area (Å²) < 4.78 is 6.95. The van der Waals surface area contributed by atoms with Gasteiger partial charge in [-0.05, 0) is 109 Å². The van der Waals surface area contributed by atoms with Gasteiger partial charge < -0.3 is 9.32 Å². The summed E-state index contributed by atoms with van der Waals surface area (Å²) in [5.41, 5.74) is 14.2. The third-order valence-corrected chi connectivity index (χ3v) is 11.5. The molecule has 2 nitrogen and oxygen atoms in total. The second kappa shape index (κ2) is 14.1. The van der Waals surface area contributed by atoms with Crippen LogP contribution in [0, 0.1) is 0 Å². The van der Waals surface area contributed by atoms with Crippen LogP contribution in [0.4, 0.5) is 17.1 Å². The van der Waals surface area contributed by atoms with Crippen LogP contribution in [-0.2, 0) is 0 Å². The third kappa shape index (κ3) is 5.82. The molecule has 0 aliphatic carbocycles. The molecule has 2 heteroatoms. The van der Waals surface area contributed by atoms with Gasteiger partial charge in [0.1, 0.15) is 11.2 Å². The van der Waals surface area contributed by atoms with Gasteiger partial charge in [-0.3, -0.25) is 0 Å². The number of nitrogens with zero attached hydrogens (tertiary/aromatic N) is 1. The number of hydrogen-bond donors (Lipinski definition) is 0. The molecule has 0 amide bonds. The average Bonchev–Trinajstić information content (AvgIpc) is 3.70. The smallest absolute Gasteiger partial charge is 0.145 e. The van der Waals surface area contributed by atoms with E-state index in [-0.39, 0.29) is 0 Å². The van der Waals surface area contributed by atoms with E-state index in [1.807, 2.05) is 0 Å². The number of hydrogen-bond acceptors (Lipinski definition) is 2. The zero-order valence-corrected chi connectivity index (χ0v) is 31.7. The molecule has 11 aromatic rings. The van der Waals surface area contributed by atoms with Gasteiger partial charge in [-0.15, -0.1) is 0 Å². The van der Waals surface area contributed by atoms with E-state index in [4.69, 9.17) is 4.42 Å². The van der Waals surface area contributed by atoms with E-state index in [0.29, 0.717) is 0 Å². The summed E-state index contributed by atoms with van der Waals surface area (Å²) in [6.07, 6.45) is 0. The Morgan fingerprint density at radius 3 is 1.55 bits per heavy atom. The second-order valence-electron chi connectivity index (χ2n) is 14.9. The van der Waals surface area contributed by atoms with Crippen molar-refractivity contribution >= 4 is 60.5 Å². The molecule has 0 aliphatic heterocycles. The van der Waals surface area contributed by atoms with Gasteiger partial charge in [0.15, 0.2) is 0 Å². The first kappa shape index (κ1) is 33.6. The summed E-state index contributed by atoms with van der Waals surface area (Å²) in [6, 6.07) is 80.5. The first-order valence-corrected chi connectivity index (χ1v) is 19.8. The highest BCUT2D eigenvalue weighted by Gasteiger charge is 2.23. The SMILES string of the molecule is c1ccc(-c2ccc(-c3cccc(N(c4ccc(-c5ccccc5)cc4)c4ccc(-c5cc6ccccc6c6ccccc56)c5oc6ccccc6c45)c3)cc2)cc1. The number of rotatable bonds is 7. The minimum Gasteiger partial charge on any atom is -0.455 e. The van der Waals surface area contributed by atoms with E-state index < -0.39 is 0 Å². The van der Waals surface area contributed by atoms with Gasteiger partial charge in [-0.2, -0.15) is 0 Å². The maximum atomic E-state index is 6.95. The van der Waals surface area contributed by atoms with Crippen LogP contribution in [0.1, 0.15) is 0 Å². The van der Waals surface area contributed by atoms with E-state index >= 15 is 0 Å². The molecular weight excluding hydrogens is 703 g/mol. The van der Waals surface area contributed by atoms with Crippen LogP contribution >= 0.6 is 0 Å². The van der Waals surface area contributed by atoms with Crippen LogP contribution in [0.25, 0.3) is 88.0 Å². The molecule has 0 saturated heterocycles. The Morgan fingerprint density at radius 1 is 0.310 bits per heavy atom. The number of fused-ring (bicyclic) bond motifs is 6. The molecular formula is C56H37NO. The molecule has 0 radical (unpaired) electrons. The molecule has 272 valence electrons. The van der Waals surface area contributed by atoms with Crippen LogP contribution in [0.5, 0.6) is 0 Å². The molecule has 0 unspecified atom stereocenters. The lowest BCUT2D eigenvalue weighted by Gasteiger charge is -2.27. The second-order valence-corrected chi connectivity index (χ2v) is 14.9. The van der Waals surface area contributed by atoms with Crippen molar-refractivity contribution in [1.82, 2.24) is 0 Å². The molecule has 0 saturated carbocycles. The molecule has 0 atom stereocenters. The van der Waals surface area contributed by atoms with Gasteiger partial charge in [0.25, 0.3) is 0 Å². The van der Waals surface area contributed by atoms with Crippen LogP contribution in [-0.4, -0.2) is 0 Å². The molecule has 0 fully saturated rings. The lowest BCUT2D eigenvalue weighted by molar-refractivity contribution is 0.670. The normalized spacial score (nSPS) is 11.4. The Hall–Kier alpha value is -7.68. The van der Waals surface area contributed by atoms with Crippen molar-refractivity contribution < 1.29 is 4.42 Å². The summed E-state index contributed by atoms with van der Waals surface area (Å²) >= 11 is 0. The summed E-state index contributed by atoms with van der Waals surface area (Å²) in [6.45, 7) is 0. The highest BCUT2D eigenvalue weighted by atomic mass is 16.3. The monoisotopic (exact) mass is 739 g/mol. The van der Waals surface area contributed by atoms with Gasteiger partial charge in [0.05, 0.1) is 11.1 Å². The Bertz CT molecular complexity index is 3250. The minimum absolute atomic E-state index is 0.864. The molecule has 0 bridgehead atoms. The zero-order valence-electron chi connectivity index (χ0n) is 31.7. The third-order valence-electron chi connectivity index (χ3n) is 11.5. The highest BCUT2D eigenvalue weighted by molar-refractivity contribution is 6.21. The fraction of sp³-hybridized carbons (Fsp3) is 0. The molecule has 0 aliphatic rings. The Morgan fingerprint density at radius 2 is 0.845 bits per heavy atom. The van der Waals surface area contributed by atoms with Crippen molar-refractivity contribution in [2.24, 2.45) is 0 Å². The van der Waals surface area contributed by atoms with Gasteiger partial charge in [-0.25, -0.2) is 0 Å². The lowest BCUT2D eigenvalue weighted by Crippen LogP contribution is -2.10. The molecule has 11 rings (SSSR count). The van der Waals surface area contributed by atoms with E-state index in [1.54, 1.807) is 0 Å². The number of benzene rings is 10. The quantitative estimate of drug-likeness (QED) is 0.151. The fourth-order valence-electron chi connectivity index (χ4n) is 8.66. The summed E-state index contributed by atoms with van der Waals surface area (Å²) in [4.78, 5) is 2.39. The number of furan rings is 1. The largest absolute Gasteiger partial charge is 0.455 e. The predicted molar refractivity (Wildman–Crippen MR) is 245 cm³/mol. The van der Waals surface area contributed by atoms with E-state index in [2.05, 4.69) is 229 Å². The van der Waals surface area contributed by atoms with Crippen molar-refractivity contribution in [3.8, 4) is 44.5 Å². The molecule has 0 N–H and O–H groups in total. The molecule has 0 spiro atoms. The van der Waals surface area contributed by atoms with Crippen LogP contribution in [0.3, 0.4) is 0 Å². The van der Waals surface area contributed by atoms with Crippen molar-refractivity contribution in [2.75, 3.05) is 4.90 Å². The van der Waals surface area contributed by atoms with Crippen LogP contribution < -0.4 is 4.90 Å². The van der Waals surface area contributed by atoms with Gasteiger partial charge in [0, 0.05) is 22.3 Å². The van der Waals surface area contributed by atoms with Crippen molar-refractivity contribution in [3.05, 3.63) is 224 Å². The zero-order chi connectivity index (χ0) is 38.4. The summed E-state index contributed by atoms with van der Waals surface area (Å²) in [5, 5.41) is 7.05. The number of para-hydroxylation sites is 1. The first-order chi connectivity index (χ1) is 28.8. The first-order valence-electron chi connectivity index (χ1n) is 19.8. The summed E-state index contributed by atoms with van der Waals surface area (Å²) in [5.74, 6) is 0. The van der Waals surface area contributed by atoms with Crippen molar-refractivity contribution in [2.45, 2.75) is 0 Å². The summed E-state index contributed by atoms with van der Waals surface area (Å²) in [7, 11) is 0. The average molecular weight is 740 g/mol. The topological polar surface area (TPSA) is 16.4 Å². The maximum Gasteiger partial charge on any atom is 0.145 e. The molecule has 58 heavy (non-hydrogen) atoms. The van der Waals surface area contributed by atoms with E-state index in [1.165, 1.54) is 49.4 Å². The van der Waals surface area contributed by atoms with Crippen molar-refractivity contribution in [1.29, 1.82) is 0 Å². The van der Waals surface area contributed by atoms with E-state index in [0.717, 1.165) is 55.7 Å². The Labute approximate surface area is 337 Å². The van der Waals surface area contributed by atoms with Crippen molar-refractivity contribution in [3.63, 3.8) is 0 Å². The molecule has 1 aromatic heterocycles. The fourth-order valence-corrected chi connectivity index (χ4v) is 8.66. The minimum atomic E-state index is 0.864. The highest BCUT2D eigenvalue weighted by Crippen LogP contribution is 2.48. The van der Waals surface area contributed by atoms with Gasteiger partial charge in [-0.1, -0.05) is 176 Å². The van der Waals surface area contributed by atoms with Gasteiger partial charge in [0.2, 0.25) is 0 Å². The van der Waals surface area contributed by atoms with Gasteiger partial charge >= 0.3 is 0 Å². The lowest BCUT2D eigenvalue weighted by atomic mass is 9.92. The van der Waals surface area contributed by atoms with Crippen LogP contribution in [0.15, 0.2) is 229 Å². The number of anilines is 3. The Balaban J connectivity index is 1.13. The maximum absolute atomic E-state index is 6.95. The van der Waals surface area contributed by atoms with E-state index in [9.17, 15) is 0 Å². The predicted octanol–water partition coefficient (Wildman–Crippen LogP) is 16.0. The standard InChI is InChI=1S/C56H37NO/c1-3-14-38(15-4-1)40-26-28-42(29-27-40)43-19-13-20-46(36-43)57(45-32-30-41(31-33-45)39-16-5-2-6-17-39)53-35-34-50(56-55(53)51-24-11-12-25-54(51)58-56)52-37-44-18-7-8-21-47(44)48-22-9-10-23-49(48)52/h1-37H. The molecule has 1 heterocycles. The Kier molecular flexibility index (Phi) is 8.19. The molecule has 10 aromatic carbocycles. The van der Waals surface area contributed by atoms with Crippen LogP contribution in [0.2, 0.25) is 0 Å².